The molecule has 0 spiro atoms. The van der Waals surface area contributed by atoms with E-state index >= 15 is 0 Å². The summed E-state index contributed by atoms with van der Waals surface area (Å²) in [5, 5.41) is 18.5. The van der Waals surface area contributed by atoms with Crippen molar-refractivity contribution in [2.75, 3.05) is 12.9 Å². The number of benzene rings is 3. The summed E-state index contributed by atoms with van der Waals surface area (Å²) in [6.45, 7) is 2.14. The van der Waals surface area contributed by atoms with Crippen LogP contribution in [0.2, 0.25) is 0 Å². The van der Waals surface area contributed by atoms with Crippen molar-refractivity contribution in [2.45, 2.75) is 31.1 Å². The first kappa shape index (κ1) is 30.4. The van der Waals surface area contributed by atoms with E-state index in [1.54, 1.807) is 24.3 Å². The number of aromatic nitrogens is 3. The highest BCUT2D eigenvalue weighted by Crippen LogP contribution is 2.34. The number of thioether (sulfide) groups is 1. The van der Waals surface area contributed by atoms with Crippen LogP contribution in [0.25, 0.3) is 5.69 Å². The summed E-state index contributed by atoms with van der Waals surface area (Å²) in [6.07, 6.45) is 2.03. The molecule has 1 atom stereocenters. The Labute approximate surface area is 272 Å². The van der Waals surface area contributed by atoms with Crippen LogP contribution in [0, 0.1) is 6.92 Å². The first-order valence-electron chi connectivity index (χ1n) is 14.1. The number of methoxy groups -OCH3 is 1. The maximum absolute atomic E-state index is 13.8. The molecule has 10 nitrogen and oxygen atoms in total. The third kappa shape index (κ3) is 6.86. The molecule has 1 aliphatic rings. The van der Waals surface area contributed by atoms with Crippen LogP contribution in [0.15, 0.2) is 110 Å². The van der Waals surface area contributed by atoms with Gasteiger partial charge >= 0.3 is 0 Å². The minimum Gasteiger partial charge on any atom is -0.497 e. The molecule has 2 amide bonds. The largest absolute Gasteiger partial charge is 0.497 e. The summed E-state index contributed by atoms with van der Waals surface area (Å²) in [6, 6.07) is 26.5. The molecule has 0 aliphatic carbocycles. The van der Waals surface area contributed by atoms with E-state index in [9.17, 15) is 9.59 Å². The lowest BCUT2D eigenvalue weighted by molar-refractivity contribution is -0.130. The summed E-state index contributed by atoms with van der Waals surface area (Å²) in [5.41, 5.74) is 4.71. The van der Waals surface area contributed by atoms with Crippen LogP contribution in [0.4, 0.5) is 0 Å². The van der Waals surface area contributed by atoms with Crippen molar-refractivity contribution < 1.29 is 18.7 Å². The van der Waals surface area contributed by atoms with Gasteiger partial charge in [0.05, 0.1) is 37.4 Å². The number of nitrogens with zero attached hydrogens (tertiary/aromatic N) is 5. The van der Waals surface area contributed by atoms with E-state index in [0.29, 0.717) is 17.4 Å². The van der Waals surface area contributed by atoms with E-state index in [1.807, 2.05) is 84.3 Å². The van der Waals surface area contributed by atoms with Gasteiger partial charge in [-0.25, -0.2) is 5.01 Å². The van der Waals surface area contributed by atoms with Gasteiger partial charge in [-0.2, -0.15) is 5.10 Å². The highest BCUT2D eigenvalue weighted by atomic mass is 79.9. The Morgan fingerprint density at radius 3 is 2.47 bits per heavy atom. The summed E-state index contributed by atoms with van der Waals surface area (Å²) in [4.78, 5) is 26.4. The number of rotatable bonds is 10. The van der Waals surface area contributed by atoms with Crippen LogP contribution in [-0.2, 0) is 11.3 Å². The van der Waals surface area contributed by atoms with Gasteiger partial charge in [0, 0.05) is 16.6 Å². The summed E-state index contributed by atoms with van der Waals surface area (Å²) >= 11 is 4.75. The Morgan fingerprint density at radius 2 is 1.78 bits per heavy atom. The van der Waals surface area contributed by atoms with Gasteiger partial charge < -0.3 is 14.5 Å². The minimum atomic E-state index is -0.364. The Kier molecular flexibility index (Phi) is 9.13. The normalized spacial score (nSPS) is 14.3. The van der Waals surface area contributed by atoms with Crippen LogP contribution in [0.5, 0.6) is 5.75 Å². The molecule has 5 aromatic rings. The third-order valence-electron chi connectivity index (χ3n) is 7.31. The topological polar surface area (TPSA) is 115 Å². The molecule has 2 aromatic heterocycles. The number of ether oxygens (including phenoxy) is 1. The predicted octanol–water partition coefficient (Wildman–Crippen LogP) is 6.34. The second-order valence-corrected chi connectivity index (χ2v) is 12.2. The van der Waals surface area contributed by atoms with Gasteiger partial charge in [-0.3, -0.25) is 14.2 Å². The average Bonchev–Trinajstić information content (AvgIpc) is 3.84. The number of hydrogen-bond acceptors (Lipinski definition) is 8. The molecule has 12 heteroatoms. The number of aryl methyl sites for hydroxylation is 1. The molecule has 1 N–H and O–H groups in total. The van der Waals surface area contributed by atoms with Crippen LogP contribution < -0.4 is 10.1 Å². The number of furan rings is 1. The van der Waals surface area contributed by atoms with Crippen LogP contribution in [0.1, 0.15) is 45.5 Å². The van der Waals surface area contributed by atoms with Crippen molar-refractivity contribution in [1.82, 2.24) is 25.1 Å². The minimum absolute atomic E-state index is 0.0785. The Hall–Kier alpha value is -4.68. The molecule has 45 heavy (non-hydrogen) atoms. The Balaban J connectivity index is 1.24. The molecule has 0 saturated carbocycles. The zero-order valence-corrected chi connectivity index (χ0v) is 26.9. The van der Waals surface area contributed by atoms with E-state index in [1.165, 1.54) is 18.0 Å². The monoisotopic (exact) mass is 684 g/mol. The number of hydrazone groups is 1. The molecule has 0 unspecified atom stereocenters. The molecular formula is C33H29BrN6O4S. The number of carbonyl (C=O) groups is 2. The lowest BCUT2D eigenvalue weighted by Gasteiger charge is -2.22. The second-order valence-electron chi connectivity index (χ2n) is 10.3. The number of carbonyl (C=O) groups excluding carboxylic acids is 2. The smallest absolute Gasteiger partial charge is 0.287 e. The van der Waals surface area contributed by atoms with Crippen LogP contribution >= 0.6 is 27.7 Å². The lowest BCUT2D eigenvalue weighted by Crippen LogP contribution is -2.28. The fourth-order valence-corrected chi connectivity index (χ4v) is 6.04. The maximum atomic E-state index is 13.8. The summed E-state index contributed by atoms with van der Waals surface area (Å²) in [5.74, 6) is 1.02. The molecule has 0 saturated heterocycles. The van der Waals surface area contributed by atoms with Gasteiger partial charge in [0.1, 0.15) is 5.75 Å². The zero-order valence-electron chi connectivity index (χ0n) is 24.5. The second kappa shape index (κ2) is 13.5. The SMILES string of the molecule is COc1ccc(C2=NN(C(=O)CSc3nnc(CNC(=O)c4ccco4)n3-c3ccc(Br)cc3)[C@H](c3ccc(C)cc3)C2)cc1. The number of nitrogens with one attached hydrogen (secondary N) is 1. The van der Waals surface area contributed by atoms with E-state index in [2.05, 4.69) is 31.4 Å². The summed E-state index contributed by atoms with van der Waals surface area (Å²) in [7, 11) is 1.63. The zero-order chi connectivity index (χ0) is 31.3. The van der Waals surface area contributed by atoms with Crippen molar-refractivity contribution in [3.05, 3.63) is 124 Å². The van der Waals surface area contributed by atoms with E-state index in [4.69, 9.17) is 14.3 Å². The van der Waals surface area contributed by atoms with Crippen molar-refractivity contribution >= 4 is 45.2 Å². The van der Waals surface area contributed by atoms with Crippen molar-refractivity contribution in [3.63, 3.8) is 0 Å². The van der Waals surface area contributed by atoms with Crippen molar-refractivity contribution in [3.8, 4) is 11.4 Å². The van der Waals surface area contributed by atoms with E-state index in [-0.39, 0.29) is 35.9 Å². The van der Waals surface area contributed by atoms with Gasteiger partial charge in [-0.05, 0) is 78.7 Å². The summed E-state index contributed by atoms with van der Waals surface area (Å²) < 4.78 is 13.3. The molecule has 228 valence electrons. The van der Waals surface area contributed by atoms with Gasteiger partial charge in [-0.15, -0.1) is 10.2 Å². The van der Waals surface area contributed by atoms with Gasteiger partial charge in [-0.1, -0.05) is 57.5 Å². The van der Waals surface area contributed by atoms with Crippen molar-refractivity contribution in [2.24, 2.45) is 5.10 Å². The fourth-order valence-electron chi connectivity index (χ4n) is 4.95. The maximum Gasteiger partial charge on any atom is 0.287 e. The highest BCUT2D eigenvalue weighted by molar-refractivity contribution is 9.10. The molecule has 3 aromatic carbocycles. The quantitative estimate of drug-likeness (QED) is 0.171. The van der Waals surface area contributed by atoms with E-state index in [0.717, 1.165) is 38.3 Å². The number of hydrogen-bond donors (Lipinski definition) is 1. The van der Waals surface area contributed by atoms with Crippen LogP contribution in [-0.4, -0.2) is 50.2 Å². The third-order valence-corrected chi connectivity index (χ3v) is 8.76. The van der Waals surface area contributed by atoms with Gasteiger partial charge in [0.2, 0.25) is 0 Å². The van der Waals surface area contributed by atoms with Gasteiger partial charge in [0.15, 0.2) is 16.7 Å². The number of amides is 2. The van der Waals surface area contributed by atoms with Crippen LogP contribution in [0.3, 0.4) is 0 Å². The molecule has 0 fully saturated rings. The first-order chi connectivity index (χ1) is 21.9. The molecule has 3 heterocycles. The molecule has 6 rings (SSSR count). The molecule has 0 bridgehead atoms. The first-order valence-corrected chi connectivity index (χ1v) is 15.9. The highest BCUT2D eigenvalue weighted by Gasteiger charge is 2.33. The predicted molar refractivity (Wildman–Crippen MR) is 175 cm³/mol. The Bertz CT molecular complexity index is 1820. The fraction of sp³-hybridized carbons (Fsp3) is 0.182. The van der Waals surface area contributed by atoms with Gasteiger partial charge in [0.25, 0.3) is 11.8 Å². The lowest BCUT2D eigenvalue weighted by atomic mass is 9.97. The standard InChI is InChI=1S/C33H29BrN6O4S/c1-21-5-7-23(8-6-21)28-18-27(22-9-15-26(43-2)16-10-22)38-40(28)31(41)20-45-33-37-36-30(19-35-32(42)29-4-3-17-44-29)39(33)25-13-11-24(34)12-14-25/h3-17,28H,18-20H2,1-2H3,(H,35,42)/t28-/m0/s1. The Morgan fingerprint density at radius 1 is 1.02 bits per heavy atom. The molecule has 0 radical (unpaired) electrons. The number of halogens is 1. The van der Waals surface area contributed by atoms with E-state index < -0.39 is 0 Å². The average molecular weight is 686 g/mol. The molecular weight excluding hydrogens is 656 g/mol. The van der Waals surface area contributed by atoms with Crippen molar-refractivity contribution in [1.29, 1.82) is 0 Å². The molecule has 1 aliphatic heterocycles.